The third-order valence-electron chi connectivity index (χ3n) is 3.86. The molecule has 0 saturated carbocycles. The van der Waals surface area contributed by atoms with Crippen molar-refractivity contribution in [1.29, 1.82) is 0 Å². The summed E-state index contributed by atoms with van der Waals surface area (Å²) in [7, 11) is 0. The molecule has 4 nitrogen and oxygen atoms in total. The minimum absolute atomic E-state index is 0.107. The summed E-state index contributed by atoms with van der Waals surface area (Å²) in [5, 5.41) is 10.6. The molecule has 116 valence electrons. The van der Waals surface area contributed by atoms with Crippen molar-refractivity contribution >= 4 is 17.5 Å². The molecule has 2 rings (SSSR count). The Hall–Kier alpha value is -1.17. The van der Waals surface area contributed by atoms with E-state index in [2.05, 4.69) is 4.90 Å². The second kappa shape index (κ2) is 6.73. The zero-order chi connectivity index (χ0) is 15.5. The van der Waals surface area contributed by atoms with Gasteiger partial charge >= 0.3 is 0 Å². The zero-order valence-electron chi connectivity index (χ0n) is 11.8. The predicted molar refractivity (Wildman–Crippen MR) is 79.3 cm³/mol. The molecule has 1 amide bonds. The fraction of sp³-hybridized carbons (Fsp3) is 0.533. The van der Waals surface area contributed by atoms with E-state index in [1.54, 1.807) is 6.07 Å². The van der Waals surface area contributed by atoms with Crippen LogP contribution in [0.5, 0.6) is 0 Å². The highest BCUT2D eigenvalue weighted by Gasteiger charge is 2.33. The first-order valence-electron chi connectivity index (χ1n) is 7.05. The number of primary amides is 1. The Morgan fingerprint density at radius 2 is 2.29 bits per heavy atom. The molecule has 6 heteroatoms. The van der Waals surface area contributed by atoms with Crippen LogP contribution in [0.3, 0.4) is 0 Å². The van der Waals surface area contributed by atoms with Crippen LogP contribution in [0.1, 0.15) is 31.2 Å². The minimum Gasteiger partial charge on any atom is -0.389 e. The van der Waals surface area contributed by atoms with Gasteiger partial charge in [0.1, 0.15) is 5.82 Å². The summed E-state index contributed by atoms with van der Waals surface area (Å²) in [5.74, 6) is -0.838. The number of halogens is 2. The van der Waals surface area contributed by atoms with Gasteiger partial charge < -0.3 is 10.8 Å². The number of nitrogens with zero attached hydrogens (tertiary/aromatic N) is 1. The van der Waals surface area contributed by atoms with Crippen molar-refractivity contribution in [2.75, 3.05) is 13.1 Å². The lowest BCUT2D eigenvalue weighted by Crippen LogP contribution is -2.48. The van der Waals surface area contributed by atoms with Gasteiger partial charge in [-0.15, -0.1) is 0 Å². The molecule has 1 atom stereocenters. The molecule has 1 heterocycles. The molecular weight excluding hydrogens is 295 g/mol. The number of benzene rings is 1. The number of likely N-dealkylation sites (tertiary alicyclic amines) is 1. The van der Waals surface area contributed by atoms with Gasteiger partial charge in [-0.25, -0.2) is 4.39 Å². The van der Waals surface area contributed by atoms with Gasteiger partial charge in [-0.1, -0.05) is 17.7 Å². The lowest BCUT2D eigenvalue weighted by molar-refractivity contribution is -0.120. The van der Waals surface area contributed by atoms with Crippen molar-refractivity contribution in [3.8, 4) is 0 Å². The average Bonchev–Trinajstić information content (AvgIpc) is 2.41. The van der Waals surface area contributed by atoms with E-state index in [4.69, 9.17) is 17.3 Å². The Balaban J connectivity index is 1.97. The molecule has 0 aliphatic carbocycles. The molecule has 0 radical (unpaired) electrons. The minimum atomic E-state index is -0.891. The molecule has 1 aromatic carbocycles. The summed E-state index contributed by atoms with van der Waals surface area (Å²) < 4.78 is 13.4. The highest BCUT2D eigenvalue weighted by atomic mass is 35.5. The average molecular weight is 315 g/mol. The van der Waals surface area contributed by atoms with Crippen molar-refractivity contribution in [3.05, 3.63) is 34.6 Å². The molecule has 1 fully saturated rings. The normalized spacial score (nSPS) is 23.2. The smallest absolute Gasteiger partial charge is 0.217 e. The van der Waals surface area contributed by atoms with Gasteiger partial charge in [-0.3, -0.25) is 9.69 Å². The summed E-state index contributed by atoms with van der Waals surface area (Å²) in [6.45, 7) is 1.85. The van der Waals surface area contributed by atoms with Gasteiger partial charge in [0.25, 0.3) is 0 Å². The van der Waals surface area contributed by atoms with Gasteiger partial charge in [-0.2, -0.15) is 0 Å². The van der Waals surface area contributed by atoms with E-state index in [0.29, 0.717) is 25.9 Å². The van der Waals surface area contributed by atoms with Crippen LogP contribution in [0.2, 0.25) is 5.02 Å². The van der Waals surface area contributed by atoms with Gasteiger partial charge in [0.15, 0.2) is 0 Å². The van der Waals surface area contributed by atoms with E-state index in [9.17, 15) is 14.3 Å². The number of carbonyl (C=O) groups is 1. The summed E-state index contributed by atoms with van der Waals surface area (Å²) in [6, 6.07) is 4.73. The third-order valence-corrected chi connectivity index (χ3v) is 4.17. The molecule has 3 N–H and O–H groups in total. The summed E-state index contributed by atoms with van der Waals surface area (Å²) >= 11 is 5.67. The van der Waals surface area contributed by atoms with Crippen LogP contribution in [0, 0.1) is 5.82 Å². The standard InChI is InChI=1S/C15H20ClFN2O2/c16-12-3-2-11(8-13(12)17)9-19-7-1-5-15(21,10-19)6-4-14(18)20/h2-3,8,21H,1,4-7,9-10H2,(H2,18,20)/t15-/m0/s1. The van der Waals surface area contributed by atoms with Gasteiger partial charge in [-0.05, 0) is 43.5 Å². The van der Waals surface area contributed by atoms with Crippen LogP contribution >= 0.6 is 11.6 Å². The molecule has 1 aromatic rings. The van der Waals surface area contributed by atoms with Gasteiger partial charge in [0, 0.05) is 19.5 Å². The monoisotopic (exact) mass is 314 g/mol. The Kier molecular flexibility index (Phi) is 5.19. The Morgan fingerprint density at radius 3 is 2.95 bits per heavy atom. The maximum absolute atomic E-state index is 13.4. The lowest BCUT2D eigenvalue weighted by atomic mass is 9.88. The van der Waals surface area contributed by atoms with E-state index in [0.717, 1.165) is 18.5 Å². The van der Waals surface area contributed by atoms with Crippen LogP contribution < -0.4 is 5.73 Å². The largest absolute Gasteiger partial charge is 0.389 e. The fourth-order valence-electron chi connectivity index (χ4n) is 2.80. The Labute approximate surface area is 128 Å². The first-order valence-corrected chi connectivity index (χ1v) is 7.43. The quantitative estimate of drug-likeness (QED) is 0.874. The van der Waals surface area contributed by atoms with E-state index in [1.165, 1.54) is 12.1 Å². The molecule has 21 heavy (non-hydrogen) atoms. The summed E-state index contributed by atoms with van der Waals surface area (Å²) in [5.41, 5.74) is 5.06. The fourth-order valence-corrected chi connectivity index (χ4v) is 2.91. The molecule has 1 saturated heterocycles. The molecule has 1 aliphatic heterocycles. The molecule has 0 unspecified atom stereocenters. The van der Waals surface area contributed by atoms with Crippen LogP contribution in [0.15, 0.2) is 18.2 Å². The van der Waals surface area contributed by atoms with E-state index in [-0.39, 0.29) is 11.4 Å². The van der Waals surface area contributed by atoms with Crippen LogP contribution in [-0.4, -0.2) is 34.6 Å². The van der Waals surface area contributed by atoms with Crippen molar-refractivity contribution in [3.63, 3.8) is 0 Å². The maximum atomic E-state index is 13.4. The van der Waals surface area contributed by atoms with Gasteiger partial charge in [0.2, 0.25) is 5.91 Å². The predicted octanol–water partition coefficient (Wildman–Crippen LogP) is 2.07. The maximum Gasteiger partial charge on any atom is 0.217 e. The third kappa shape index (κ3) is 4.66. The summed E-state index contributed by atoms with van der Waals surface area (Å²) in [6.07, 6.45) is 2.05. The lowest BCUT2D eigenvalue weighted by Gasteiger charge is -2.39. The van der Waals surface area contributed by atoms with E-state index >= 15 is 0 Å². The zero-order valence-corrected chi connectivity index (χ0v) is 12.6. The first kappa shape index (κ1) is 16.2. The van der Waals surface area contributed by atoms with Crippen molar-refractivity contribution in [1.82, 2.24) is 4.90 Å². The van der Waals surface area contributed by atoms with Crippen LogP contribution in [0.25, 0.3) is 0 Å². The van der Waals surface area contributed by atoms with Crippen molar-refractivity contribution < 1.29 is 14.3 Å². The van der Waals surface area contributed by atoms with Crippen LogP contribution in [0.4, 0.5) is 4.39 Å². The number of piperidine rings is 1. The highest BCUT2D eigenvalue weighted by molar-refractivity contribution is 6.30. The number of amides is 1. The number of aliphatic hydroxyl groups is 1. The number of β-amino-alcohol motifs (C(OH)–C–C–N with tert-alkyl or cyclic N) is 1. The van der Waals surface area contributed by atoms with Crippen LogP contribution in [-0.2, 0) is 11.3 Å². The van der Waals surface area contributed by atoms with Crippen molar-refractivity contribution in [2.24, 2.45) is 5.73 Å². The molecule has 0 spiro atoms. The topological polar surface area (TPSA) is 66.6 Å². The molecule has 0 bridgehead atoms. The number of nitrogens with two attached hydrogens (primary N) is 1. The number of rotatable bonds is 5. The van der Waals surface area contributed by atoms with E-state index < -0.39 is 17.3 Å². The summed E-state index contributed by atoms with van der Waals surface area (Å²) in [4.78, 5) is 12.9. The first-order chi connectivity index (χ1) is 9.88. The molecular formula is C15H20ClFN2O2. The Morgan fingerprint density at radius 1 is 1.52 bits per heavy atom. The second-order valence-corrected chi connectivity index (χ2v) is 6.16. The Bertz CT molecular complexity index is 526. The SMILES string of the molecule is NC(=O)CC[C@@]1(O)CCCN(Cc2ccc(Cl)c(F)c2)C1. The van der Waals surface area contributed by atoms with Crippen molar-refractivity contribution in [2.45, 2.75) is 37.8 Å². The second-order valence-electron chi connectivity index (χ2n) is 5.75. The highest BCUT2D eigenvalue weighted by Crippen LogP contribution is 2.27. The molecule has 0 aromatic heterocycles. The number of hydrogen-bond donors (Lipinski definition) is 2. The molecule has 1 aliphatic rings. The van der Waals surface area contributed by atoms with E-state index in [1.807, 2.05) is 0 Å². The van der Waals surface area contributed by atoms with Gasteiger partial charge in [0.05, 0.1) is 10.6 Å². The number of hydrogen-bond acceptors (Lipinski definition) is 3. The number of carbonyl (C=O) groups excluding carboxylic acids is 1.